The van der Waals surface area contributed by atoms with E-state index in [4.69, 9.17) is 4.98 Å². The van der Waals surface area contributed by atoms with Gasteiger partial charge in [0.05, 0.1) is 11.2 Å². The zero-order chi connectivity index (χ0) is 12.5. The molecule has 0 aliphatic heterocycles. The molecule has 0 bridgehead atoms. The molecule has 3 heteroatoms. The summed E-state index contributed by atoms with van der Waals surface area (Å²) in [5, 5.41) is 1.12. The van der Waals surface area contributed by atoms with Crippen molar-refractivity contribution in [2.75, 3.05) is 0 Å². The van der Waals surface area contributed by atoms with Gasteiger partial charge in [-0.1, -0.05) is 46.3 Å². The van der Waals surface area contributed by atoms with Gasteiger partial charge in [-0.05, 0) is 40.2 Å². The largest absolute Gasteiger partial charge is 0.247 e. The molecule has 0 saturated heterocycles. The van der Waals surface area contributed by atoms with Gasteiger partial charge in [0.15, 0.2) is 0 Å². The van der Waals surface area contributed by atoms with Crippen molar-refractivity contribution in [3.8, 4) is 11.3 Å². The van der Waals surface area contributed by atoms with E-state index in [0.29, 0.717) is 0 Å². The molecule has 2 aromatic carbocycles. The van der Waals surface area contributed by atoms with Crippen molar-refractivity contribution in [3.05, 3.63) is 63.5 Å². The first kappa shape index (κ1) is 11.9. The van der Waals surface area contributed by atoms with Gasteiger partial charge in [0.25, 0.3) is 0 Å². The van der Waals surface area contributed by atoms with E-state index in [2.05, 4.69) is 56.1 Å². The first-order chi connectivity index (χ1) is 8.74. The molecule has 18 heavy (non-hydrogen) atoms. The predicted molar refractivity (Wildman–Crippen MR) is 82.6 cm³/mol. The number of aromatic nitrogens is 1. The Morgan fingerprint density at radius 1 is 0.833 bits per heavy atom. The van der Waals surface area contributed by atoms with Crippen LogP contribution in [0.1, 0.15) is 0 Å². The molecule has 0 unspecified atom stereocenters. The second-order valence-electron chi connectivity index (χ2n) is 4.02. The van der Waals surface area contributed by atoms with Gasteiger partial charge in [0, 0.05) is 19.9 Å². The smallest absolute Gasteiger partial charge is 0.0851 e. The molecule has 0 aliphatic rings. The highest BCUT2D eigenvalue weighted by atomic mass is 79.9. The third-order valence-corrected chi connectivity index (χ3v) is 3.88. The lowest BCUT2D eigenvalue weighted by Crippen LogP contribution is -1.87. The Morgan fingerprint density at radius 2 is 1.61 bits per heavy atom. The van der Waals surface area contributed by atoms with Crippen LogP contribution in [-0.2, 0) is 0 Å². The highest BCUT2D eigenvalue weighted by Crippen LogP contribution is 2.30. The molecule has 1 nitrogen and oxygen atoms in total. The summed E-state index contributed by atoms with van der Waals surface area (Å²) >= 11 is 7.08. The summed E-state index contributed by atoms with van der Waals surface area (Å²) in [7, 11) is 0. The molecule has 88 valence electrons. The molecule has 3 aromatic rings. The normalized spacial score (nSPS) is 10.8. The second-order valence-corrected chi connectivity index (χ2v) is 5.79. The lowest BCUT2D eigenvalue weighted by atomic mass is 10.1. The highest BCUT2D eigenvalue weighted by molar-refractivity contribution is 9.10. The van der Waals surface area contributed by atoms with Crippen LogP contribution in [0.2, 0.25) is 0 Å². The minimum atomic E-state index is 0.977. The molecule has 0 aliphatic carbocycles. The Bertz CT molecular complexity index is 708. The van der Waals surface area contributed by atoms with E-state index in [9.17, 15) is 0 Å². The summed E-state index contributed by atoms with van der Waals surface area (Å²) in [6.45, 7) is 0. The quantitative estimate of drug-likeness (QED) is 0.562. The number of hydrogen-bond donors (Lipinski definition) is 0. The van der Waals surface area contributed by atoms with E-state index >= 15 is 0 Å². The minimum Gasteiger partial charge on any atom is -0.247 e. The maximum atomic E-state index is 4.72. The molecule has 1 heterocycles. The standard InChI is InChI=1S/C15H9Br2N/c16-12-6-7-14-11(8-12)9-13(17)15(18-14)10-4-2-1-3-5-10/h1-9H. The van der Waals surface area contributed by atoms with E-state index in [0.717, 1.165) is 31.1 Å². The number of hydrogen-bond acceptors (Lipinski definition) is 1. The minimum absolute atomic E-state index is 0.977. The Labute approximate surface area is 122 Å². The fraction of sp³-hybridized carbons (Fsp3) is 0. The molecular weight excluding hydrogens is 354 g/mol. The molecule has 1 aromatic heterocycles. The van der Waals surface area contributed by atoms with E-state index < -0.39 is 0 Å². The summed E-state index contributed by atoms with van der Waals surface area (Å²) in [6, 6.07) is 18.4. The van der Waals surface area contributed by atoms with Gasteiger partial charge in [-0.15, -0.1) is 0 Å². The van der Waals surface area contributed by atoms with Crippen LogP contribution in [-0.4, -0.2) is 4.98 Å². The van der Waals surface area contributed by atoms with Gasteiger partial charge in [-0.25, -0.2) is 4.98 Å². The Balaban J connectivity index is 2.25. The van der Waals surface area contributed by atoms with Crippen molar-refractivity contribution in [2.24, 2.45) is 0 Å². The average molecular weight is 363 g/mol. The summed E-state index contributed by atoms with van der Waals surface area (Å²) in [5.41, 5.74) is 3.10. The maximum absolute atomic E-state index is 4.72. The number of halogens is 2. The van der Waals surface area contributed by atoms with Gasteiger partial charge in [0.1, 0.15) is 0 Å². The third-order valence-electron chi connectivity index (χ3n) is 2.78. The number of rotatable bonds is 1. The van der Waals surface area contributed by atoms with Crippen molar-refractivity contribution in [1.29, 1.82) is 0 Å². The average Bonchev–Trinajstić information content (AvgIpc) is 2.39. The first-order valence-corrected chi connectivity index (χ1v) is 7.14. The third kappa shape index (κ3) is 2.20. The lowest BCUT2D eigenvalue weighted by Gasteiger charge is -2.06. The van der Waals surface area contributed by atoms with Crippen molar-refractivity contribution in [3.63, 3.8) is 0 Å². The zero-order valence-corrected chi connectivity index (χ0v) is 12.6. The second kappa shape index (κ2) is 4.82. The van der Waals surface area contributed by atoms with Crippen LogP contribution >= 0.6 is 31.9 Å². The monoisotopic (exact) mass is 361 g/mol. The van der Waals surface area contributed by atoms with Gasteiger partial charge in [-0.3, -0.25) is 0 Å². The van der Waals surface area contributed by atoms with Crippen LogP contribution in [0.5, 0.6) is 0 Å². The lowest BCUT2D eigenvalue weighted by molar-refractivity contribution is 1.38. The van der Waals surface area contributed by atoms with Gasteiger partial charge in [-0.2, -0.15) is 0 Å². The zero-order valence-electron chi connectivity index (χ0n) is 9.40. The number of pyridine rings is 1. The van der Waals surface area contributed by atoms with E-state index in [1.54, 1.807) is 0 Å². The first-order valence-electron chi connectivity index (χ1n) is 5.55. The van der Waals surface area contributed by atoms with Crippen LogP contribution in [0.15, 0.2) is 63.5 Å². The number of benzene rings is 2. The van der Waals surface area contributed by atoms with E-state index in [-0.39, 0.29) is 0 Å². The summed E-state index contributed by atoms with van der Waals surface area (Å²) < 4.78 is 2.08. The fourth-order valence-corrected chi connectivity index (χ4v) is 2.86. The summed E-state index contributed by atoms with van der Waals surface area (Å²) in [4.78, 5) is 4.72. The fourth-order valence-electron chi connectivity index (χ4n) is 1.92. The van der Waals surface area contributed by atoms with Gasteiger partial charge in [0.2, 0.25) is 0 Å². The van der Waals surface area contributed by atoms with E-state index in [1.807, 2.05) is 30.3 Å². The van der Waals surface area contributed by atoms with E-state index in [1.165, 1.54) is 0 Å². The van der Waals surface area contributed by atoms with Crippen molar-refractivity contribution < 1.29 is 0 Å². The molecule has 0 fully saturated rings. The Kier molecular flexibility index (Phi) is 3.18. The Morgan fingerprint density at radius 3 is 2.39 bits per heavy atom. The SMILES string of the molecule is Brc1ccc2nc(-c3ccccc3)c(Br)cc2c1. The number of fused-ring (bicyclic) bond motifs is 1. The molecule has 0 N–H and O–H groups in total. The highest BCUT2D eigenvalue weighted by Gasteiger charge is 2.07. The van der Waals surface area contributed by atoms with Crippen molar-refractivity contribution in [2.45, 2.75) is 0 Å². The van der Waals surface area contributed by atoms with Gasteiger partial charge >= 0.3 is 0 Å². The van der Waals surface area contributed by atoms with Crippen LogP contribution in [0.25, 0.3) is 22.2 Å². The molecule has 0 radical (unpaired) electrons. The van der Waals surface area contributed by atoms with Crippen LogP contribution in [0.3, 0.4) is 0 Å². The maximum Gasteiger partial charge on any atom is 0.0851 e. The number of nitrogens with zero attached hydrogens (tertiary/aromatic N) is 1. The predicted octanol–water partition coefficient (Wildman–Crippen LogP) is 5.43. The van der Waals surface area contributed by atoms with Gasteiger partial charge < -0.3 is 0 Å². The molecule has 3 rings (SSSR count). The van der Waals surface area contributed by atoms with Crippen LogP contribution < -0.4 is 0 Å². The summed E-state index contributed by atoms with van der Waals surface area (Å²) in [5.74, 6) is 0. The van der Waals surface area contributed by atoms with Crippen molar-refractivity contribution >= 4 is 42.8 Å². The topological polar surface area (TPSA) is 12.9 Å². The van der Waals surface area contributed by atoms with Crippen LogP contribution in [0.4, 0.5) is 0 Å². The van der Waals surface area contributed by atoms with Crippen LogP contribution in [0, 0.1) is 0 Å². The molecule has 0 atom stereocenters. The molecule has 0 amide bonds. The molecule has 0 spiro atoms. The Hall–Kier alpha value is -1.19. The van der Waals surface area contributed by atoms with Crippen molar-refractivity contribution in [1.82, 2.24) is 4.98 Å². The molecule has 0 saturated carbocycles. The summed E-state index contributed by atoms with van der Waals surface area (Å²) in [6.07, 6.45) is 0. The molecular formula is C15H9Br2N.